The molecule has 0 heterocycles. The molecule has 1 aromatic carbocycles. The molecule has 2 aliphatic rings. The first-order valence-electron chi connectivity index (χ1n) is 7.32. The van der Waals surface area contributed by atoms with Crippen molar-refractivity contribution in [2.45, 2.75) is 18.9 Å². The molecular formula is C17H23NO. The fourth-order valence-electron chi connectivity index (χ4n) is 3.66. The highest BCUT2D eigenvalue weighted by Crippen LogP contribution is 2.43. The molecule has 0 aromatic heterocycles. The largest absolute Gasteiger partial charge is 0.387 e. The number of allylic oxidation sites excluding steroid dienone is 2. The lowest BCUT2D eigenvalue weighted by atomic mass is 9.93. The van der Waals surface area contributed by atoms with Crippen molar-refractivity contribution in [1.29, 1.82) is 0 Å². The summed E-state index contributed by atoms with van der Waals surface area (Å²) >= 11 is 0. The normalized spacial score (nSPS) is 30.2. The van der Waals surface area contributed by atoms with Gasteiger partial charge >= 0.3 is 0 Å². The molecule has 1 saturated carbocycles. The molecule has 1 N–H and O–H groups in total. The number of hydrogen-bond acceptors (Lipinski definition) is 2. The van der Waals surface area contributed by atoms with Crippen molar-refractivity contribution >= 4 is 0 Å². The SMILES string of the molecule is CN(CC(O)c1ccccc1)CC1CC2C=CC1C2. The summed E-state index contributed by atoms with van der Waals surface area (Å²) in [5.74, 6) is 2.42. The predicted molar refractivity (Wildman–Crippen MR) is 77.7 cm³/mol. The van der Waals surface area contributed by atoms with Crippen LogP contribution in [0.1, 0.15) is 24.5 Å². The van der Waals surface area contributed by atoms with E-state index in [1.54, 1.807) is 0 Å². The van der Waals surface area contributed by atoms with E-state index < -0.39 is 0 Å². The van der Waals surface area contributed by atoms with Gasteiger partial charge in [0.15, 0.2) is 0 Å². The molecule has 2 aliphatic carbocycles. The van der Waals surface area contributed by atoms with Gasteiger partial charge < -0.3 is 10.0 Å². The van der Waals surface area contributed by atoms with Crippen LogP contribution in [0.25, 0.3) is 0 Å². The van der Waals surface area contributed by atoms with Crippen LogP contribution in [0.3, 0.4) is 0 Å². The molecule has 2 nitrogen and oxygen atoms in total. The molecule has 1 fully saturated rings. The number of nitrogens with zero attached hydrogens (tertiary/aromatic N) is 1. The van der Waals surface area contributed by atoms with Gasteiger partial charge in [0.05, 0.1) is 6.10 Å². The second-order valence-electron chi connectivity index (χ2n) is 6.19. The standard InChI is InChI=1S/C17H23NO/c1-18(11-16-10-13-7-8-15(16)9-13)12-17(19)14-5-3-2-4-6-14/h2-8,13,15-17,19H,9-12H2,1H3. The van der Waals surface area contributed by atoms with E-state index in [0.717, 1.165) is 36.4 Å². The highest BCUT2D eigenvalue weighted by molar-refractivity contribution is 5.17. The molecule has 0 spiro atoms. The summed E-state index contributed by atoms with van der Waals surface area (Å²) in [7, 11) is 2.13. The lowest BCUT2D eigenvalue weighted by molar-refractivity contribution is 0.115. The minimum Gasteiger partial charge on any atom is -0.387 e. The van der Waals surface area contributed by atoms with Crippen molar-refractivity contribution in [2.75, 3.05) is 20.1 Å². The molecule has 0 radical (unpaired) electrons. The first kappa shape index (κ1) is 12.9. The minimum atomic E-state index is -0.375. The first-order valence-corrected chi connectivity index (χ1v) is 7.32. The molecule has 1 aromatic rings. The zero-order valence-corrected chi connectivity index (χ0v) is 11.6. The van der Waals surface area contributed by atoms with Crippen molar-refractivity contribution < 1.29 is 5.11 Å². The smallest absolute Gasteiger partial charge is 0.0916 e. The average Bonchev–Trinajstić information content (AvgIpc) is 3.02. The van der Waals surface area contributed by atoms with Crippen LogP contribution in [0.5, 0.6) is 0 Å². The second kappa shape index (κ2) is 5.48. The van der Waals surface area contributed by atoms with Gasteiger partial charge in [-0.3, -0.25) is 0 Å². The summed E-state index contributed by atoms with van der Waals surface area (Å²) in [6.07, 6.45) is 7.12. The Morgan fingerprint density at radius 2 is 2.00 bits per heavy atom. The average molecular weight is 257 g/mol. The van der Waals surface area contributed by atoms with E-state index in [4.69, 9.17) is 0 Å². The Morgan fingerprint density at radius 1 is 1.21 bits per heavy atom. The van der Waals surface area contributed by atoms with Crippen LogP contribution in [-0.2, 0) is 0 Å². The number of likely N-dealkylation sites (N-methyl/N-ethyl adjacent to an activating group) is 1. The fraction of sp³-hybridized carbons (Fsp3) is 0.529. The number of fused-ring (bicyclic) bond motifs is 2. The van der Waals surface area contributed by atoms with Crippen LogP contribution >= 0.6 is 0 Å². The van der Waals surface area contributed by atoms with Gasteiger partial charge in [-0.1, -0.05) is 42.5 Å². The van der Waals surface area contributed by atoms with Crippen LogP contribution in [0.2, 0.25) is 0 Å². The van der Waals surface area contributed by atoms with Gasteiger partial charge in [0.25, 0.3) is 0 Å². The van der Waals surface area contributed by atoms with Crippen LogP contribution in [0.4, 0.5) is 0 Å². The molecular weight excluding hydrogens is 234 g/mol. The zero-order chi connectivity index (χ0) is 13.2. The summed E-state index contributed by atoms with van der Waals surface area (Å²) < 4.78 is 0. The van der Waals surface area contributed by atoms with Gasteiger partial charge in [-0.2, -0.15) is 0 Å². The number of hydrogen-bond donors (Lipinski definition) is 1. The van der Waals surface area contributed by atoms with E-state index in [2.05, 4.69) is 24.1 Å². The van der Waals surface area contributed by atoms with Gasteiger partial charge in [0.2, 0.25) is 0 Å². The third kappa shape index (κ3) is 2.90. The Kier molecular flexibility index (Phi) is 3.72. The quantitative estimate of drug-likeness (QED) is 0.820. The van der Waals surface area contributed by atoms with Crippen molar-refractivity contribution in [3.05, 3.63) is 48.0 Å². The second-order valence-corrected chi connectivity index (χ2v) is 6.19. The highest BCUT2D eigenvalue weighted by Gasteiger charge is 2.35. The number of rotatable bonds is 5. The van der Waals surface area contributed by atoms with E-state index in [1.807, 2.05) is 30.3 Å². The fourth-order valence-corrected chi connectivity index (χ4v) is 3.66. The third-order valence-corrected chi connectivity index (χ3v) is 4.63. The number of benzene rings is 1. The lowest BCUT2D eigenvalue weighted by Gasteiger charge is -2.27. The Labute approximate surface area is 115 Å². The maximum absolute atomic E-state index is 10.2. The lowest BCUT2D eigenvalue weighted by Crippen LogP contribution is -2.31. The molecule has 19 heavy (non-hydrogen) atoms. The summed E-state index contributed by atoms with van der Waals surface area (Å²) in [4.78, 5) is 2.29. The van der Waals surface area contributed by atoms with E-state index in [9.17, 15) is 5.11 Å². The highest BCUT2D eigenvalue weighted by atomic mass is 16.3. The van der Waals surface area contributed by atoms with Crippen LogP contribution in [-0.4, -0.2) is 30.1 Å². The molecule has 4 unspecified atom stereocenters. The summed E-state index contributed by atoms with van der Waals surface area (Å²) in [5.41, 5.74) is 1.02. The minimum absolute atomic E-state index is 0.375. The summed E-state index contributed by atoms with van der Waals surface area (Å²) in [6.45, 7) is 1.83. The van der Waals surface area contributed by atoms with E-state index in [1.165, 1.54) is 12.8 Å². The first-order chi connectivity index (χ1) is 9.22. The van der Waals surface area contributed by atoms with Crippen molar-refractivity contribution in [2.24, 2.45) is 17.8 Å². The Morgan fingerprint density at radius 3 is 2.63 bits per heavy atom. The Balaban J connectivity index is 1.51. The van der Waals surface area contributed by atoms with Gasteiger partial charge in [0, 0.05) is 13.1 Å². The molecule has 4 atom stereocenters. The van der Waals surface area contributed by atoms with E-state index in [0.29, 0.717) is 0 Å². The van der Waals surface area contributed by atoms with Gasteiger partial charge in [-0.05, 0) is 43.2 Å². The maximum atomic E-state index is 10.2. The van der Waals surface area contributed by atoms with E-state index in [-0.39, 0.29) is 6.10 Å². The van der Waals surface area contributed by atoms with Crippen molar-refractivity contribution in [3.63, 3.8) is 0 Å². The molecule has 2 bridgehead atoms. The molecule has 102 valence electrons. The number of aliphatic hydroxyl groups is 1. The molecule has 3 rings (SSSR count). The van der Waals surface area contributed by atoms with Crippen LogP contribution in [0, 0.1) is 17.8 Å². The molecule has 2 heteroatoms. The van der Waals surface area contributed by atoms with Gasteiger partial charge in [-0.25, -0.2) is 0 Å². The maximum Gasteiger partial charge on any atom is 0.0916 e. The molecule has 0 aliphatic heterocycles. The topological polar surface area (TPSA) is 23.5 Å². The summed E-state index contributed by atoms with van der Waals surface area (Å²) in [5, 5.41) is 10.2. The predicted octanol–water partition coefficient (Wildman–Crippen LogP) is 2.86. The van der Waals surface area contributed by atoms with Crippen molar-refractivity contribution in [3.8, 4) is 0 Å². The summed E-state index contributed by atoms with van der Waals surface area (Å²) in [6, 6.07) is 9.96. The molecule has 0 saturated heterocycles. The van der Waals surface area contributed by atoms with Gasteiger partial charge in [0.1, 0.15) is 0 Å². The molecule has 0 amide bonds. The number of aliphatic hydroxyl groups excluding tert-OH is 1. The monoisotopic (exact) mass is 257 g/mol. The van der Waals surface area contributed by atoms with Crippen LogP contribution < -0.4 is 0 Å². The Bertz CT molecular complexity index is 442. The van der Waals surface area contributed by atoms with E-state index >= 15 is 0 Å². The zero-order valence-electron chi connectivity index (χ0n) is 11.6. The Hall–Kier alpha value is -1.12. The van der Waals surface area contributed by atoms with Crippen molar-refractivity contribution in [1.82, 2.24) is 4.90 Å². The third-order valence-electron chi connectivity index (χ3n) is 4.63. The van der Waals surface area contributed by atoms with Gasteiger partial charge in [-0.15, -0.1) is 0 Å². The van der Waals surface area contributed by atoms with Crippen LogP contribution in [0.15, 0.2) is 42.5 Å².